The first kappa shape index (κ1) is 23.4. The topological polar surface area (TPSA) is 83.6 Å². The molecule has 2 amide bonds. The summed E-state index contributed by atoms with van der Waals surface area (Å²) in [4.78, 5) is 32.5. The lowest BCUT2D eigenvalue weighted by Gasteiger charge is -2.36. The molecule has 2 N–H and O–H groups in total. The summed E-state index contributed by atoms with van der Waals surface area (Å²) in [5, 5.41) is 5.86. The molecule has 2 heterocycles. The molecule has 7 nitrogen and oxygen atoms in total. The van der Waals surface area contributed by atoms with Gasteiger partial charge in [0.15, 0.2) is 0 Å². The van der Waals surface area contributed by atoms with Crippen LogP contribution in [0.5, 0.6) is 0 Å². The van der Waals surface area contributed by atoms with E-state index in [1.807, 2.05) is 57.2 Å². The van der Waals surface area contributed by atoms with Crippen molar-refractivity contribution in [3.63, 3.8) is 0 Å². The molecule has 0 saturated carbocycles. The highest BCUT2D eigenvalue weighted by Crippen LogP contribution is 2.21. The third-order valence-corrected chi connectivity index (χ3v) is 5.82. The maximum absolute atomic E-state index is 12.9. The second-order valence-electron chi connectivity index (χ2n) is 8.67. The van der Waals surface area contributed by atoms with E-state index in [9.17, 15) is 9.59 Å². The van der Waals surface area contributed by atoms with Gasteiger partial charge in [0.2, 0.25) is 0 Å². The number of anilines is 2. The van der Waals surface area contributed by atoms with Crippen molar-refractivity contribution >= 4 is 23.3 Å². The number of hydrogen-bond donors (Lipinski definition) is 2. The lowest BCUT2D eigenvalue weighted by atomic mass is 10.1. The minimum atomic E-state index is -0.320. The van der Waals surface area contributed by atoms with Crippen molar-refractivity contribution < 1.29 is 14.3 Å². The van der Waals surface area contributed by atoms with Gasteiger partial charge in [0.05, 0.1) is 35.1 Å². The highest BCUT2D eigenvalue weighted by molar-refractivity contribution is 6.09. The second kappa shape index (κ2) is 10.5. The molecule has 0 bridgehead atoms. The van der Waals surface area contributed by atoms with Gasteiger partial charge in [-0.1, -0.05) is 42.5 Å². The van der Waals surface area contributed by atoms with Gasteiger partial charge in [-0.25, -0.2) is 4.98 Å². The highest BCUT2D eigenvalue weighted by atomic mass is 16.5. The summed E-state index contributed by atoms with van der Waals surface area (Å²) in [5.41, 5.74) is 2.28. The van der Waals surface area contributed by atoms with Crippen LogP contribution in [0.15, 0.2) is 72.9 Å². The van der Waals surface area contributed by atoms with Crippen LogP contribution in [0.3, 0.4) is 0 Å². The van der Waals surface area contributed by atoms with E-state index in [-0.39, 0.29) is 30.1 Å². The summed E-state index contributed by atoms with van der Waals surface area (Å²) >= 11 is 0. The third-order valence-electron chi connectivity index (χ3n) is 5.82. The van der Waals surface area contributed by atoms with Crippen molar-refractivity contribution in [1.29, 1.82) is 0 Å². The van der Waals surface area contributed by atoms with Gasteiger partial charge in [0.25, 0.3) is 11.8 Å². The largest absolute Gasteiger partial charge is 0.372 e. The van der Waals surface area contributed by atoms with Gasteiger partial charge in [0, 0.05) is 19.3 Å². The number of rotatable bonds is 6. The number of morpholine rings is 1. The van der Waals surface area contributed by atoms with Crippen molar-refractivity contribution in [2.24, 2.45) is 0 Å². The van der Waals surface area contributed by atoms with E-state index in [4.69, 9.17) is 4.74 Å². The zero-order valence-electron chi connectivity index (χ0n) is 19.7. The van der Waals surface area contributed by atoms with Crippen LogP contribution >= 0.6 is 0 Å². The zero-order chi connectivity index (χ0) is 24.1. The number of carbonyl (C=O) groups is 2. The van der Waals surface area contributed by atoms with Gasteiger partial charge in [-0.3, -0.25) is 9.59 Å². The maximum atomic E-state index is 12.9. The van der Waals surface area contributed by atoms with Crippen molar-refractivity contribution in [3.05, 3.63) is 89.6 Å². The molecule has 0 aliphatic carbocycles. The maximum Gasteiger partial charge on any atom is 0.257 e. The predicted molar refractivity (Wildman–Crippen MR) is 133 cm³/mol. The molecule has 1 aliphatic rings. The molecule has 7 heteroatoms. The highest BCUT2D eigenvalue weighted by Gasteiger charge is 2.23. The van der Waals surface area contributed by atoms with Crippen LogP contribution in [0.4, 0.5) is 11.5 Å². The fourth-order valence-electron chi connectivity index (χ4n) is 4.16. The Balaban J connectivity index is 1.44. The molecule has 3 atom stereocenters. The Morgan fingerprint density at radius 3 is 2.29 bits per heavy atom. The molecule has 34 heavy (non-hydrogen) atoms. The van der Waals surface area contributed by atoms with E-state index in [0.29, 0.717) is 16.8 Å². The Bertz CT molecular complexity index is 1120. The summed E-state index contributed by atoms with van der Waals surface area (Å²) in [6, 6.07) is 20.2. The fraction of sp³-hybridized carbons (Fsp3) is 0.296. The number of nitrogens with zero attached hydrogens (tertiary/aromatic N) is 2. The minimum absolute atomic E-state index is 0.126. The number of hydrogen-bond acceptors (Lipinski definition) is 5. The lowest BCUT2D eigenvalue weighted by molar-refractivity contribution is -0.00546. The predicted octanol–water partition coefficient (Wildman–Crippen LogP) is 4.44. The summed E-state index contributed by atoms with van der Waals surface area (Å²) in [6.07, 6.45) is 1.82. The van der Waals surface area contributed by atoms with E-state index < -0.39 is 0 Å². The average molecular weight is 459 g/mol. The number of carbonyl (C=O) groups excluding carboxylic acids is 2. The Kier molecular flexibility index (Phi) is 7.23. The van der Waals surface area contributed by atoms with E-state index in [1.165, 1.54) is 0 Å². The van der Waals surface area contributed by atoms with E-state index in [0.717, 1.165) is 24.5 Å². The van der Waals surface area contributed by atoms with Crippen molar-refractivity contribution in [2.45, 2.75) is 39.0 Å². The SMILES string of the molecule is CC1CN(c2ccc(C(=O)Nc3ccccc3C(=O)NC(C)c3ccccc3)cn2)CC(C)O1. The summed E-state index contributed by atoms with van der Waals surface area (Å²) in [7, 11) is 0. The van der Waals surface area contributed by atoms with Crippen LogP contribution in [-0.2, 0) is 4.74 Å². The standard InChI is InChI=1S/C27H30N4O3/c1-18-16-31(17-19(2)34-18)25-14-13-22(15-28-25)26(32)30-24-12-8-7-11-23(24)27(33)29-20(3)21-9-5-4-6-10-21/h4-15,18-20H,16-17H2,1-3H3,(H,29,33)(H,30,32). The first-order valence-electron chi connectivity index (χ1n) is 11.5. The molecule has 1 aromatic heterocycles. The molecule has 4 rings (SSSR count). The monoisotopic (exact) mass is 458 g/mol. The number of nitrogens with one attached hydrogen (secondary N) is 2. The van der Waals surface area contributed by atoms with Gasteiger partial charge in [-0.05, 0) is 50.6 Å². The molecule has 3 unspecified atom stereocenters. The molecule has 1 aliphatic heterocycles. The number of amides is 2. The first-order chi connectivity index (χ1) is 16.4. The molecule has 0 radical (unpaired) electrons. The van der Waals surface area contributed by atoms with Crippen LogP contribution in [0.1, 0.15) is 53.1 Å². The van der Waals surface area contributed by atoms with Gasteiger partial charge < -0.3 is 20.3 Å². The quantitative estimate of drug-likeness (QED) is 0.571. The third kappa shape index (κ3) is 5.61. The molecular formula is C27H30N4O3. The molecule has 176 valence electrons. The van der Waals surface area contributed by atoms with Crippen molar-refractivity contribution in [2.75, 3.05) is 23.3 Å². The molecule has 2 aromatic carbocycles. The van der Waals surface area contributed by atoms with E-state index in [2.05, 4.69) is 20.5 Å². The van der Waals surface area contributed by atoms with Crippen LogP contribution in [-0.4, -0.2) is 42.1 Å². The van der Waals surface area contributed by atoms with Crippen LogP contribution in [0.2, 0.25) is 0 Å². The molecule has 3 aromatic rings. The smallest absolute Gasteiger partial charge is 0.257 e. The number of aromatic nitrogens is 1. The molecule has 1 saturated heterocycles. The zero-order valence-corrected chi connectivity index (χ0v) is 19.7. The van der Waals surface area contributed by atoms with E-state index in [1.54, 1.807) is 36.5 Å². The lowest BCUT2D eigenvalue weighted by Crippen LogP contribution is -2.45. The Morgan fingerprint density at radius 1 is 0.941 bits per heavy atom. The van der Waals surface area contributed by atoms with Gasteiger partial charge in [-0.15, -0.1) is 0 Å². The van der Waals surface area contributed by atoms with Gasteiger partial charge in [0.1, 0.15) is 5.82 Å². The summed E-state index contributed by atoms with van der Waals surface area (Å²) in [5.74, 6) is 0.239. The van der Waals surface area contributed by atoms with Gasteiger partial charge in [-0.2, -0.15) is 0 Å². The van der Waals surface area contributed by atoms with Crippen LogP contribution < -0.4 is 15.5 Å². The fourth-order valence-corrected chi connectivity index (χ4v) is 4.16. The Labute approximate surface area is 200 Å². The van der Waals surface area contributed by atoms with Gasteiger partial charge >= 0.3 is 0 Å². The average Bonchev–Trinajstić information content (AvgIpc) is 2.84. The molecule has 0 spiro atoms. The number of para-hydroxylation sites is 1. The second-order valence-corrected chi connectivity index (χ2v) is 8.67. The molecule has 1 fully saturated rings. The van der Waals surface area contributed by atoms with E-state index >= 15 is 0 Å². The summed E-state index contributed by atoms with van der Waals surface area (Å²) < 4.78 is 5.78. The van der Waals surface area contributed by atoms with Crippen molar-refractivity contribution in [3.8, 4) is 0 Å². The van der Waals surface area contributed by atoms with Crippen LogP contribution in [0, 0.1) is 0 Å². The van der Waals surface area contributed by atoms with Crippen LogP contribution in [0.25, 0.3) is 0 Å². The molecular weight excluding hydrogens is 428 g/mol. The number of ether oxygens (including phenoxy) is 1. The number of pyridine rings is 1. The Hall–Kier alpha value is -3.71. The minimum Gasteiger partial charge on any atom is -0.372 e. The first-order valence-corrected chi connectivity index (χ1v) is 11.5. The number of benzene rings is 2. The summed E-state index contributed by atoms with van der Waals surface area (Å²) in [6.45, 7) is 7.52. The normalized spacial score (nSPS) is 18.7. The van der Waals surface area contributed by atoms with Crippen molar-refractivity contribution in [1.82, 2.24) is 10.3 Å². The Morgan fingerprint density at radius 2 is 1.62 bits per heavy atom.